The van der Waals surface area contributed by atoms with Gasteiger partial charge in [0.2, 0.25) is 0 Å². The second kappa shape index (κ2) is 8.23. The van der Waals surface area contributed by atoms with Gasteiger partial charge in [-0.2, -0.15) is 0 Å². The number of nitrogens with zero attached hydrogens (tertiary/aromatic N) is 1. The predicted octanol–water partition coefficient (Wildman–Crippen LogP) is 2.51. The van der Waals surface area contributed by atoms with Crippen LogP contribution in [0, 0.1) is 11.8 Å². The van der Waals surface area contributed by atoms with Crippen molar-refractivity contribution in [1.29, 1.82) is 0 Å². The van der Waals surface area contributed by atoms with E-state index in [1.165, 1.54) is 58.2 Å². The van der Waals surface area contributed by atoms with E-state index in [1.54, 1.807) is 0 Å². The molecule has 0 bridgehead atoms. The van der Waals surface area contributed by atoms with Gasteiger partial charge < -0.3 is 10.1 Å². The molecule has 0 spiro atoms. The molecule has 2 aliphatic rings. The third-order valence-electron chi connectivity index (χ3n) is 4.92. The van der Waals surface area contributed by atoms with E-state index in [1.807, 2.05) is 7.11 Å². The molecule has 1 heterocycles. The molecule has 2 rings (SSSR count). The lowest BCUT2D eigenvalue weighted by atomic mass is 9.94. The second-order valence-corrected chi connectivity index (χ2v) is 6.46. The first-order chi connectivity index (χ1) is 9.31. The summed E-state index contributed by atoms with van der Waals surface area (Å²) >= 11 is 0. The maximum Gasteiger partial charge on any atom is 0.0589 e. The fourth-order valence-electron chi connectivity index (χ4n) is 3.36. The van der Waals surface area contributed by atoms with Crippen LogP contribution in [0.2, 0.25) is 0 Å². The SMILES string of the molecule is COCCN(CCCC1CCCNC1)C(C)C1CC1. The van der Waals surface area contributed by atoms with Crippen LogP contribution in [0.25, 0.3) is 0 Å². The first kappa shape index (κ1) is 15.3. The van der Waals surface area contributed by atoms with Gasteiger partial charge >= 0.3 is 0 Å². The van der Waals surface area contributed by atoms with Crippen molar-refractivity contribution in [3.63, 3.8) is 0 Å². The molecule has 19 heavy (non-hydrogen) atoms. The van der Waals surface area contributed by atoms with Crippen LogP contribution in [0.3, 0.4) is 0 Å². The Morgan fingerprint density at radius 1 is 1.26 bits per heavy atom. The van der Waals surface area contributed by atoms with Gasteiger partial charge in [-0.3, -0.25) is 4.90 Å². The summed E-state index contributed by atoms with van der Waals surface area (Å²) < 4.78 is 5.27. The first-order valence-electron chi connectivity index (χ1n) is 8.25. The summed E-state index contributed by atoms with van der Waals surface area (Å²) in [4.78, 5) is 2.66. The molecule has 0 aromatic carbocycles. The molecule has 2 fully saturated rings. The second-order valence-electron chi connectivity index (χ2n) is 6.46. The molecule has 3 nitrogen and oxygen atoms in total. The average Bonchev–Trinajstić information content (AvgIpc) is 3.27. The molecule has 0 radical (unpaired) electrons. The molecular weight excluding hydrogens is 236 g/mol. The fourth-order valence-corrected chi connectivity index (χ4v) is 3.36. The van der Waals surface area contributed by atoms with Gasteiger partial charge in [0.25, 0.3) is 0 Å². The highest BCUT2D eigenvalue weighted by Gasteiger charge is 2.31. The van der Waals surface area contributed by atoms with Gasteiger partial charge in [-0.25, -0.2) is 0 Å². The number of hydrogen-bond acceptors (Lipinski definition) is 3. The number of rotatable bonds is 9. The Morgan fingerprint density at radius 3 is 2.74 bits per heavy atom. The van der Waals surface area contributed by atoms with Crippen LogP contribution in [0.15, 0.2) is 0 Å². The summed E-state index contributed by atoms with van der Waals surface area (Å²) in [6, 6.07) is 0.764. The van der Waals surface area contributed by atoms with Crippen LogP contribution in [0.5, 0.6) is 0 Å². The molecule has 0 aromatic rings. The fraction of sp³-hybridized carbons (Fsp3) is 1.00. The molecular formula is C16H32N2O. The monoisotopic (exact) mass is 268 g/mol. The van der Waals surface area contributed by atoms with Crippen LogP contribution in [-0.4, -0.2) is 50.8 Å². The quantitative estimate of drug-likeness (QED) is 0.695. The molecule has 1 saturated carbocycles. The predicted molar refractivity (Wildman–Crippen MR) is 80.5 cm³/mol. The summed E-state index contributed by atoms with van der Waals surface area (Å²) in [7, 11) is 1.81. The van der Waals surface area contributed by atoms with Gasteiger partial charge in [0.1, 0.15) is 0 Å². The Labute approximate surface area is 119 Å². The van der Waals surface area contributed by atoms with Crippen molar-refractivity contribution >= 4 is 0 Å². The van der Waals surface area contributed by atoms with Crippen molar-refractivity contribution in [3.8, 4) is 0 Å². The molecule has 0 aromatic heterocycles. The highest BCUT2D eigenvalue weighted by atomic mass is 16.5. The van der Waals surface area contributed by atoms with Gasteiger partial charge in [0.05, 0.1) is 6.61 Å². The van der Waals surface area contributed by atoms with Crippen molar-refractivity contribution in [2.24, 2.45) is 11.8 Å². The number of nitrogens with one attached hydrogen (secondary N) is 1. The van der Waals surface area contributed by atoms with Crippen molar-refractivity contribution in [2.45, 2.75) is 51.5 Å². The van der Waals surface area contributed by atoms with Gasteiger partial charge in [0.15, 0.2) is 0 Å². The maximum atomic E-state index is 5.27. The molecule has 0 amide bonds. The normalized spacial score (nSPS) is 25.7. The van der Waals surface area contributed by atoms with Crippen LogP contribution in [0.1, 0.15) is 45.4 Å². The highest BCUT2D eigenvalue weighted by molar-refractivity contribution is 4.85. The van der Waals surface area contributed by atoms with E-state index in [4.69, 9.17) is 4.74 Å². The van der Waals surface area contributed by atoms with Crippen molar-refractivity contribution in [2.75, 3.05) is 39.9 Å². The van der Waals surface area contributed by atoms with E-state index < -0.39 is 0 Å². The van der Waals surface area contributed by atoms with Crippen LogP contribution < -0.4 is 5.32 Å². The van der Waals surface area contributed by atoms with E-state index in [-0.39, 0.29) is 0 Å². The topological polar surface area (TPSA) is 24.5 Å². The minimum Gasteiger partial charge on any atom is -0.383 e. The first-order valence-corrected chi connectivity index (χ1v) is 8.25. The molecule has 1 N–H and O–H groups in total. The Kier molecular flexibility index (Phi) is 6.62. The molecule has 3 heteroatoms. The smallest absolute Gasteiger partial charge is 0.0589 e. The van der Waals surface area contributed by atoms with E-state index in [0.29, 0.717) is 0 Å². The summed E-state index contributed by atoms with van der Waals surface area (Å²) in [5, 5.41) is 3.52. The minimum atomic E-state index is 0.764. The zero-order valence-electron chi connectivity index (χ0n) is 12.9. The van der Waals surface area contributed by atoms with Crippen LogP contribution in [0.4, 0.5) is 0 Å². The third-order valence-corrected chi connectivity index (χ3v) is 4.92. The summed E-state index contributed by atoms with van der Waals surface area (Å²) in [6.45, 7) is 8.14. The van der Waals surface area contributed by atoms with E-state index in [2.05, 4.69) is 17.1 Å². The van der Waals surface area contributed by atoms with E-state index >= 15 is 0 Å². The lowest BCUT2D eigenvalue weighted by Crippen LogP contribution is -2.38. The number of methoxy groups -OCH3 is 1. The average molecular weight is 268 g/mol. The van der Waals surface area contributed by atoms with E-state index in [9.17, 15) is 0 Å². The largest absolute Gasteiger partial charge is 0.383 e. The number of hydrogen-bond donors (Lipinski definition) is 1. The zero-order chi connectivity index (χ0) is 13.5. The minimum absolute atomic E-state index is 0.764. The van der Waals surface area contributed by atoms with Crippen molar-refractivity contribution in [3.05, 3.63) is 0 Å². The summed E-state index contributed by atoms with van der Waals surface area (Å²) in [5.74, 6) is 1.89. The standard InChI is InChI=1S/C16H32N2O/c1-14(16-7-8-16)18(11-12-19-2)10-4-6-15-5-3-9-17-13-15/h14-17H,3-13H2,1-2H3. The number of ether oxygens (including phenoxy) is 1. The Bertz CT molecular complexity index is 237. The molecule has 2 unspecified atom stereocenters. The summed E-state index contributed by atoms with van der Waals surface area (Å²) in [5.41, 5.74) is 0. The Morgan fingerprint density at radius 2 is 2.11 bits per heavy atom. The maximum absolute atomic E-state index is 5.27. The van der Waals surface area contributed by atoms with Crippen molar-refractivity contribution < 1.29 is 4.74 Å². The van der Waals surface area contributed by atoms with Gasteiger partial charge in [0, 0.05) is 19.7 Å². The van der Waals surface area contributed by atoms with E-state index in [0.717, 1.165) is 31.0 Å². The highest BCUT2D eigenvalue weighted by Crippen LogP contribution is 2.35. The Hall–Kier alpha value is -0.120. The van der Waals surface area contributed by atoms with Gasteiger partial charge in [-0.1, -0.05) is 0 Å². The lowest BCUT2D eigenvalue weighted by molar-refractivity contribution is 0.113. The molecule has 1 saturated heterocycles. The van der Waals surface area contributed by atoms with Crippen LogP contribution >= 0.6 is 0 Å². The lowest BCUT2D eigenvalue weighted by Gasteiger charge is -2.30. The molecule has 112 valence electrons. The number of piperidine rings is 1. The molecule has 1 aliphatic heterocycles. The van der Waals surface area contributed by atoms with Crippen molar-refractivity contribution in [1.82, 2.24) is 10.2 Å². The summed E-state index contributed by atoms with van der Waals surface area (Å²) in [6.07, 6.45) is 8.44. The zero-order valence-corrected chi connectivity index (χ0v) is 12.9. The third kappa shape index (κ3) is 5.41. The van der Waals surface area contributed by atoms with Gasteiger partial charge in [-0.15, -0.1) is 0 Å². The van der Waals surface area contributed by atoms with Gasteiger partial charge in [-0.05, 0) is 76.9 Å². The van der Waals surface area contributed by atoms with Crippen LogP contribution in [-0.2, 0) is 4.74 Å². The molecule has 2 atom stereocenters. The Balaban J connectivity index is 1.65. The molecule has 1 aliphatic carbocycles.